The van der Waals surface area contributed by atoms with Crippen LogP contribution in [0, 0.1) is 11.6 Å². The van der Waals surface area contributed by atoms with Crippen molar-refractivity contribution in [2.45, 2.75) is 18.6 Å². The van der Waals surface area contributed by atoms with Crippen LogP contribution in [0.15, 0.2) is 30.5 Å². The molecule has 1 fully saturated rings. The molecule has 1 aromatic carbocycles. The van der Waals surface area contributed by atoms with Crippen molar-refractivity contribution in [2.24, 2.45) is 0 Å². The molecule has 9 nitrogen and oxygen atoms in total. The van der Waals surface area contributed by atoms with Crippen LogP contribution in [0.1, 0.15) is 5.56 Å². The second kappa shape index (κ2) is 9.91. The standard InChI is InChI=1S/C21H23F2N5O4S/c22-13-1-2-17-18(7-13)33-20(25-17)26-21(32)28-4-3-27(9-14(28)10-29)19-16(23)6-12(8-24-19)5-15(31)11-30/h1-2,6-8,14-15,29-31H,3-5,9-11H2,(H,25,26,32)/t14-,15-/m1/s1. The van der Waals surface area contributed by atoms with Crippen molar-refractivity contribution in [2.75, 3.05) is 43.1 Å². The molecule has 3 heterocycles. The number of carbonyl (C=O) groups excluding carboxylic acids is 1. The van der Waals surface area contributed by atoms with E-state index in [0.29, 0.717) is 20.9 Å². The average Bonchev–Trinajstić information content (AvgIpc) is 3.19. The zero-order valence-corrected chi connectivity index (χ0v) is 18.3. The lowest BCUT2D eigenvalue weighted by Crippen LogP contribution is -2.58. The van der Waals surface area contributed by atoms with Crippen molar-refractivity contribution >= 4 is 38.5 Å². The first kappa shape index (κ1) is 23.2. The Morgan fingerprint density at radius 1 is 1.27 bits per heavy atom. The highest BCUT2D eigenvalue weighted by atomic mass is 32.1. The van der Waals surface area contributed by atoms with Crippen molar-refractivity contribution < 1.29 is 28.9 Å². The van der Waals surface area contributed by atoms with Crippen LogP contribution in [-0.2, 0) is 6.42 Å². The molecule has 176 valence electrons. The maximum Gasteiger partial charge on any atom is 0.324 e. The third-order valence-corrected chi connectivity index (χ3v) is 6.31. The van der Waals surface area contributed by atoms with Crippen molar-refractivity contribution in [3.8, 4) is 0 Å². The van der Waals surface area contributed by atoms with Crippen LogP contribution in [0.4, 0.5) is 24.5 Å². The van der Waals surface area contributed by atoms with Gasteiger partial charge in [-0.3, -0.25) is 5.32 Å². The number of carbonyl (C=O) groups is 1. The lowest BCUT2D eigenvalue weighted by Gasteiger charge is -2.41. The summed E-state index contributed by atoms with van der Waals surface area (Å²) in [6.45, 7) is -0.103. The van der Waals surface area contributed by atoms with E-state index in [0.717, 1.165) is 11.3 Å². The number of piperazine rings is 1. The Morgan fingerprint density at radius 2 is 2.09 bits per heavy atom. The molecule has 33 heavy (non-hydrogen) atoms. The Bertz CT molecular complexity index is 1150. The van der Waals surface area contributed by atoms with Gasteiger partial charge in [0.05, 0.1) is 35.6 Å². The number of pyridine rings is 1. The van der Waals surface area contributed by atoms with E-state index in [9.17, 15) is 23.8 Å². The smallest absolute Gasteiger partial charge is 0.324 e. The summed E-state index contributed by atoms with van der Waals surface area (Å²) in [6, 6.07) is 4.35. The quantitative estimate of drug-likeness (QED) is 0.424. The number of aliphatic hydroxyl groups excluding tert-OH is 3. The molecule has 12 heteroatoms. The third kappa shape index (κ3) is 5.19. The maximum absolute atomic E-state index is 14.7. The number of halogens is 2. The summed E-state index contributed by atoms with van der Waals surface area (Å²) < 4.78 is 28.7. The molecule has 0 radical (unpaired) electrons. The van der Waals surface area contributed by atoms with Gasteiger partial charge >= 0.3 is 6.03 Å². The van der Waals surface area contributed by atoms with Crippen LogP contribution in [0.2, 0.25) is 0 Å². The zero-order valence-electron chi connectivity index (χ0n) is 17.5. The minimum atomic E-state index is -0.993. The largest absolute Gasteiger partial charge is 0.394 e. The highest BCUT2D eigenvalue weighted by Gasteiger charge is 2.32. The molecule has 3 aromatic rings. The number of fused-ring (bicyclic) bond motifs is 1. The number of thiazole rings is 1. The third-order valence-electron chi connectivity index (χ3n) is 5.38. The van der Waals surface area contributed by atoms with E-state index in [1.54, 1.807) is 4.90 Å². The fourth-order valence-electron chi connectivity index (χ4n) is 3.74. The summed E-state index contributed by atoms with van der Waals surface area (Å²) >= 11 is 1.14. The van der Waals surface area contributed by atoms with E-state index in [4.69, 9.17) is 5.11 Å². The van der Waals surface area contributed by atoms with Gasteiger partial charge in [0.2, 0.25) is 0 Å². The molecule has 1 aliphatic rings. The average molecular weight is 480 g/mol. The summed E-state index contributed by atoms with van der Waals surface area (Å²) in [4.78, 5) is 24.3. The van der Waals surface area contributed by atoms with E-state index in [1.165, 1.54) is 35.4 Å². The van der Waals surface area contributed by atoms with Gasteiger partial charge in [-0.25, -0.2) is 23.5 Å². The number of nitrogens with one attached hydrogen (secondary N) is 1. The number of benzene rings is 1. The minimum Gasteiger partial charge on any atom is -0.394 e. The molecule has 4 rings (SSSR count). The second-order valence-electron chi connectivity index (χ2n) is 7.73. The molecule has 1 aliphatic heterocycles. The van der Waals surface area contributed by atoms with Gasteiger partial charge in [-0.05, 0) is 29.8 Å². The number of aliphatic hydroxyl groups is 3. The fourth-order valence-corrected chi connectivity index (χ4v) is 4.62. The topological polar surface area (TPSA) is 122 Å². The second-order valence-corrected chi connectivity index (χ2v) is 8.76. The normalized spacial score (nSPS) is 17.4. The molecule has 2 aromatic heterocycles. The van der Waals surface area contributed by atoms with Gasteiger partial charge in [-0.15, -0.1) is 0 Å². The Kier molecular flexibility index (Phi) is 6.98. The molecule has 0 bridgehead atoms. The van der Waals surface area contributed by atoms with Crippen LogP contribution in [0.5, 0.6) is 0 Å². The predicted octanol–water partition coefficient (Wildman–Crippen LogP) is 1.58. The number of amides is 2. The van der Waals surface area contributed by atoms with E-state index in [1.807, 2.05) is 0 Å². The van der Waals surface area contributed by atoms with Crippen LogP contribution >= 0.6 is 11.3 Å². The highest BCUT2D eigenvalue weighted by Crippen LogP contribution is 2.27. The van der Waals surface area contributed by atoms with Crippen LogP contribution < -0.4 is 10.2 Å². The Morgan fingerprint density at radius 3 is 2.82 bits per heavy atom. The van der Waals surface area contributed by atoms with Crippen LogP contribution in [0.3, 0.4) is 0 Å². The van der Waals surface area contributed by atoms with Crippen molar-refractivity contribution in [3.63, 3.8) is 0 Å². The van der Waals surface area contributed by atoms with Crippen LogP contribution in [-0.4, -0.2) is 81.2 Å². The first-order valence-corrected chi connectivity index (χ1v) is 11.1. The fraction of sp³-hybridized carbons (Fsp3) is 0.381. The van der Waals surface area contributed by atoms with Crippen molar-refractivity contribution in [1.82, 2.24) is 14.9 Å². The molecule has 0 saturated carbocycles. The number of anilines is 2. The Balaban J connectivity index is 1.43. The van der Waals surface area contributed by atoms with Gasteiger partial charge in [0.15, 0.2) is 16.8 Å². The molecule has 0 unspecified atom stereocenters. The van der Waals surface area contributed by atoms with Gasteiger partial charge in [0, 0.05) is 32.3 Å². The SMILES string of the molecule is O=C(Nc1nc2ccc(F)cc2s1)N1CCN(c2ncc(C[C@@H](O)CO)cc2F)C[C@@H]1CO. The van der Waals surface area contributed by atoms with Gasteiger partial charge in [-0.1, -0.05) is 11.3 Å². The molecule has 0 aliphatic carbocycles. The molecule has 0 spiro atoms. The number of hydrogen-bond donors (Lipinski definition) is 4. The van der Waals surface area contributed by atoms with Crippen molar-refractivity contribution in [1.29, 1.82) is 0 Å². The van der Waals surface area contributed by atoms with E-state index in [2.05, 4.69) is 15.3 Å². The molecule has 4 N–H and O–H groups in total. The lowest BCUT2D eigenvalue weighted by molar-refractivity contribution is 0.0954. The molecular weight excluding hydrogens is 456 g/mol. The molecule has 2 atom stereocenters. The Hall–Kier alpha value is -2.93. The number of nitrogens with zero attached hydrogens (tertiary/aromatic N) is 4. The van der Waals surface area contributed by atoms with Crippen molar-refractivity contribution in [3.05, 3.63) is 47.7 Å². The molecule has 1 saturated heterocycles. The highest BCUT2D eigenvalue weighted by molar-refractivity contribution is 7.22. The monoisotopic (exact) mass is 479 g/mol. The summed E-state index contributed by atoms with van der Waals surface area (Å²) in [7, 11) is 0. The van der Waals surface area contributed by atoms with E-state index in [-0.39, 0.29) is 44.3 Å². The number of hydrogen-bond acceptors (Lipinski definition) is 8. The number of aromatic nitrogens is 2. The lowest BCUT2D eigenvalue weighted by atomic mass is 10.1. The number of rotatable bonds is 6. The first-order chi connectivity index (χ1) is 15.9. The minimum absolute atomic E-state index is 0.0757. The summed E-state index contributed by atoms with van der Waals surface area (Å²) in [5.41, 5.74) is 1.02. The van der Waals surface area contributed by atoms with Crippen LogP contribution in [0.25, 0.3) is 10.2 Å². The first-order valence-electron chi connectivity index (χ1n) is 10.3. The summed E-state index contributed by atoms with van der Waals surface area (Å²) in [5.74, 6) is -0.892. The van der Waals surface area contributed by atoms with Gasteiger partial charge in [0.1, 0.15) is 5.82 Å². The van der Waals surface area contributed by atoms with Gasteiger partial charge in [-0.2, -0.15) is 0 Å². The Labute approximate surface area is 191 Å². The maximum atomic E-state index is 14.7. The number of urea groups is 1. The van der Waals surface area contributed by atoms with Gasteiger partial charge < -0.3 is 25.1 Å². The predicted molar refractivity (Wildman–Crippen MR) is 119 cm³/mol. The van der Waals surface area contributed by atoms with Gasteiger partial charge in [0.25, 0.3) is 0 Å². The summed E-state index contributed by atoms with van der Waals surface area (Å²) in [5, 5.41) is 31.3. The molecular formula is C21H23F2N5O4S. The van der Waals surface area contributed by atoms with E-state index >= 15 is 0 Å². The van der Waals surface area contributed by atoms with E-state index < -0.39 is 30.6 Å². The molecule has 2 amide bonds. The summed E-state index contributed by atoms with van der Waals surface area (Å²) in [6.07, 6.45) is 0.513. The zero-order chi connectivity index (χ0) is 23.5.